The normalized spacial score (nSPS) is 25.7. The Morgan fingerprint density at radius 1 is 1.12 bits per heavy atom. The van der Waals surface area contributed by atoms with Crippen LogP contribution in [-0.2, 0) is 20.6 Å². The van der Waals surface area contributed by atoms with Crippen LogP contribution in [0.15, 0.2) is 30.3 Å². The summed E-state index contributed by atoms with van der Waals surface area (Å²) in [4.78, 5) is 14.1. The van der Waals surface area contributed by atoms with Crippen molar-refractivity contribution >= 4 is 15.9 Å². The summed E-state index contributed by atoms with van der Waals surface area (Å²) < 4.78 is 27.5. The standard InChI is InChI=1S/C19H28N2O3S/c1-16(2)21-15-19(11-9-18(21)22)10-6-12-20(14-19)25(23,24)13-17-7-4-3-5-8-17/h3-5,7-8,16H,6,9-15H2,1-2H3/t19-/m0/s1. The van der Waals surface area contributed by atoms with Gasteiger partial charge in [-0.2, -0.15) is 0 Å². The van der Waals surface area contributed by atoms with Crippen LogP contribution in [0.1, 0.15) is 45.1 Å². The van der Waals surface area contributed by atoms with E-state index in [0.29, 0.717) is 26.1 Å². The lowest BCUT2D eigenvalue weighted by Gasteiger charge is -2.48. The smallest absolute Gasteiger partial charge is 0.222 e. The summed E-state index contributed by atoms with van der Waals surface area (Å²) in [7, 11) is -3.33. The minimum Gasteiger partial charge on any atom is -0.340 e. The van der Waals surface area contributed by atoms with Crippen molar-refractivity contribution in [2.75, 3.05) is 19.6 Å². The Labute approximate surface area is 151 Å². The molecule has 0 aromatic heterocycles. The summed E-state index contributed by atoms with van der Waals surface area (Å²) >= 11 is 0. The lowest BCUT2D eigenvalue weighted by Crippen LogP contribution is -2.56. The molecule has 1 spiro atoms. The fourth-order valence-corrected chi connectivity index (χ4v) is 5.80. The molecule has 1 amide bonds. The highest BCUT2D eigenvalue weighted by Crippen LogP contribution is 2.40. The van der Waals surface area contributed by atoms with Gasteiger partial charge in [0, 0.05) is 37.5 Å². The van der Waals surface area contributed by atoms with E-state index in [1.54, 1.807) is 4.31 Å². The van der Waals surface area contributed by atoms with Crippen molar-refractivity contribution in [1.29, 1.82) is 0 Å². The van der Waals surface area contributed by atoms with Crippen LogP contribution in [0.4, 0.5) is 0 Å². The number of benzene rings is 1. The molecule has 0 unspecified atom stereocenters. The molecule has 0 saturated carbocycles. The number of hydrogen-bond acceptors (Lipinski definition) is 3. The summed E-state index contributed by atoms with van der Waals surface area (Å²) in [6, 6.07) is 9.52. The predicted molar refractivity (Wildman–Crippen MR) is 98.4 cm³/mol. The Morgan fingerprint density at radius 2 is 1.84 bits per heavy atom. The fourth-order valence-electron chi connectivity index (χ4n) is 4.12. The molecule has 0 aliphatic carbocycles. The number of hydrogen-bond donors (Lipinski definition) is 0. The number of sulfonamides is 1. The Morgan fingerprint density at radius 3 is 2.52 bits per heavy atom. The molecule has 2 fully saturated rings. The minimum absolute atomic E-state index is 0.0523. The summed E-state index contributed by atoms with van der Waals surface area (Å²) in [6.45, 7) is 5.87. The van der Waals surface area contributed by atoms with Gasteiger partial charge in [0.15, 0.2) is 0 Å². The van der Waals surface area contributed by atoms with E-state index in [-0.39, 0.29) is 23.1 Å². The molecule has 0 radical (unpaired) electrons. The highest BCUT2D eigenvalue weighted by Gasteiger charge is 2.44. The number of carbonyl (C=O) groups excluding carboxylic acids is 1. The Kier molecular flexibility index (Phi) is 5.21. The lowest BCUT2D eigenvalue weighted by atomic mass is 9.74. The Bertz CT molecular complexity index is 717. The zero-order chi connectivity index (χ0) is 18.1. The maximum atomic E-state index is 12.9. The molecule has 3 rings (SSSR count). The second-order valence-electron chi connectivity index (χ2n) is 7.79. The molecule has 6 heteroatoms. The van der Waals surface area contributed by atoms with Crippen molar-refractivity contribution in [1.82, 2.24) is 9.21 Å². The highest BCUT2D eigenvalue weighted by molar-refractivity contribution is 7.88. The van der Waals surface area contributed by atoms with E-state index in [9.17, 15) is 13.2 Å². The van der Waals surface area contributed by atoms with Gasteiger partial charge < -0.3 is 4.90 Å². The quantitative estimate of drug-likeness (QED) is 0.825. The molecule has 2 saturated heterocycles. The summed E-state index contributed by atoms with van der Waals surface area (Å²) in [5.41, 5.74) is 0.741. The van der Waals surface area contributed by atoms with Gasteiger partial charge in [0.2, 0.25) is 15.9 Å². The topological polar surface area (TPSA) is 57.7 Å². The SMILES string of the molecule is CC(C)N1C[C@@]2(CCCN(S(=O)(=O)Cc3ccccc3)C2)CCC1=O. The number of piperidine rings is 2. The maximum Gasteiger partial charge on any atom is 0.222 e. The summed E-state index contributed by atoms with van der Waals surface area (Å²) in [6.07, 6.45) is 3.20. The highest BCUT2D eigenvalue weighted by atomic mass is 32.2. The molecule has 1 atom stereocenters. The van der Waals surface area contributed by atoms with Crippen LogP contribution in [0.25, 0.3) is 0 Å². The van der Waals surface area contributed by atoms with Gasteiger partial charge in [-0.3, -0.25) is 4.79 Å². The van der Waals surface area contributed by atoms with E-state index in [2.05, 4.69) is 0 Å². The van der Waals surface area contributed by atoms with Crippen molar-refractivity contribution in [2.45, 2.75) is 51.3 Å². The molecular weight excluding hydrogens is 336 g/mol. The van der Waals surface area contributed by atoms with Crippen LogP contribution in [0.2, 0.25) is 0 Å². The first kappa shape index (κ1) is 18.4. The zero-order valence-electron chi connectivity index (χ0n) is 15.1. The first-order valence-corrected chi connectivity index (χ1v) is 10.7. The van der Waals surface area contributed by atoms with E-state index < -0.39 is 10.0 Å². The van der Waals surface area contributed by atoms with Crippen LogP contribution >= 0.6 is 0 Å². The lowest BCUT2D eigenvalue weighted by molar-refractivity contribution is -0.140. The molecule has 2 heterocycles. The predicted octanol–water partition coefficient (Wildman–Crippen LogP) is 2.63. The molecule has 25 heavy (non-hydrogen) atoms. The summed E-state index contributed by atoms with van der Waals surface area (Å²) in [5, 5.41) is 0. The molecule has 1 aromatic rings. The van der Waals surface area contributed by atoms with Gasteiger partial charge in [-0.25, -0.2) is 12.7 Å². The van der Waals surface area contributed by atoms with Crippen LogP contribution in [0, 0.1) is 5.41 Å². The average molecular weight is 365 g/mol. The maximum absolute atomic E-state index is 12.9. The van der Waals surface area contributed by atoms with Gasteiger partial charge in [-0.05, 0) is 38.7 Å². The molecule has 0 N–H and O–H groups in total. The van der Waals surface area contributed by atoms with Gasteiger partial charge in [0.05, 0.1) is 5.75 Å². The van der Waals surface area contributed by atoms with E-state index in [0.717, 1.165) is 24.8 Å². The van der Waals surface area contributed by atoms with E-state index >= 15 is 0 Å². The number of rotatable bonds is 4. The largest absolute Gasteiger partial charge is 0.340 e. The van der Waals surface area contributed by atoms with E-state index in [1.807, 2.05) is 49.1 Å². The molecule has 0 bridgehead atoms. The third kappa shape index (κ3) is 4.06. The van der Waals surface area contributed by atoms with Crippen molar-refractivity contribution < 1.29 is 13.2 Å². The van der Waals surface area contributed by atoms with Crippen LogP contribution < -0.4 is 0 Å². The van der Waals surface area contributed by atoms with Gasteiger partial charge in [-0.1, -0.05) is 30.3 Å². The number of likely N-dealkylation sites (tertiary alicyclic amines) is 1. The van der Waals surface area contributed by atoms with Crippen LogP contribution in [-0.4, -0.2) is 49.2 Å². The summed E-state index contributed by atoms with van der Waals surface area (Å²) in [5.74, 6) is 0.251. The first-order chi connectivity index (χ1) is 11.8. The molecule has 2 aliphatic rings. The van der Waals surface area contributed by atoms with Crippen LogP contribution in [0.3, 0.4) is 0 Å². The third-order valence-corrected chi connectivity index (χ3v) is 7.33. The molecule has 138 valence electrons. The molecule has 2 aliphatic heterocycles. The van der Waals surface area contributed by atoms with E-state index in [4.69, 9.17) is 0 Å². The van der Waals surface area contributed by atoms with Crippen LogP contribution in [0.5, 0.6) is 0 Å². The minimum atomic E-state index is -3.33. The Balaban J connectivity index is 1.75. The molecule has 1 aromatic carbocycles. The van der Waals surface area contributed by atoms with Gasteiger partial charge in [0.25, 0.3) is 0 Å². The Hall–Kier alpha value is -1.40. The van der Waals surface area contributed by atoms with Crippen molar-refractivity contribution in [3.63, 3.8) is 0 Å². The second kappa shape index (κ2) is 7.08. The first-order valence-electron chi connectivity index (χ1n) is 9.13. The molecule has 5 nitrogen and oxygen atoms in total. The zero-order valence-corrected chi connectivity index (χ0v) is 16.0. The van der Waals surface area contributed by atoms with E-state index in [1.165, 1.54) is 0 Å². The van der Waals surface area contributed by atoms with Gasteiger partial charge in [0.1, 0.15) is 0 Å². The monoisotopic (exact) mass is 364 g/mol. The third-order valence-electron chi connectivity index (χ3n) is 5.53. The number of carbonyl (C=O) groups is 1. The van der Waals surface area contributed by atoms with Crippen molar-refractivity contribution in [2.24, 2.45) is 5.41 Å². The number of nitrogens with zero attached hydrogens (tertiary/aromatic N) is 2. The van der Waals surface area contributed by atoms with Crippen molar-refractivity contribution in [3.05, 3.63) is 35.9 Å². The van der Waals surface area contributed by atoms with Gasteiger partial charge in [-0.15, -0.1) is 0 Å². The number of amides is 1. The second-order valence-corrected chi connectivity index (χ2v) is 9.76. The average Bonchev–Trinajstić information content (AvgIpc) is 2.58. The fraction of sp³-hybridized carbons (Fsp3) is 0.632. The molecular formula is C19H28N2O3S. The van der Waals surface area contributed by atoms with Gasteiger partial charge >= 0.3 is 0 Å². The van der Waals surface area contributed by atoms with Crippen molar-refractivity contribution in [3.8, 4) is 0 Å².